The SMILES string of the molecule is CCC(c1nc(CSC(C)(C)C)no1)C(C)NC. The number of nitrogens with one attached hydrogen (secondary N) is 1. The maximum atomic E-state index is 5.39. The van der Waals surface area contributed by atoms with Crippen molar-refractivity contribution in [2.24, 2.45) is 0 Å². The van der Waals surface area contributed by atoms with Gasteiger partial charge in [-0.05, 0) is 20.4 Å². The minimum atomic E-state index is 0.225. The Labute approximate surface area is 114 Å². The Bertz CT molecular complexity index is 359. The van der Waals surface area contributed by atoms with Gasteiger partial charge in [0.15, 0.2) is 5.82 Å². The zero-order valence-electron chi connectivity index (χ0n) is 12.3. The monoisotopic (exact) mass is 271 g/mol. The second-order valence-corrected chi connectivity index (χ2v) is 7.34. The highest BCUT2D eigenvalue weighted by molar-refractivity contribution is 7.99. The number of hydrogen-bond donors (Lipinski definition) is 1. The third-order valence-electron chi connectivity index (χ3n) is 2.93. The van der Waals surface area contributed by atoms with Gasteiger partial charge in [-0.1, -0.05) is 32.9 Å². The van der Waals surface area contributed by atoms with Crippen LogP contribution in [0.3, 0.4) is 0 Å². The van der Waals surface area contributed by atoms with Crippen LogP contribution in [0, 0.1) is 0 Å². The molecule has 4 nitrogen and oxygen atoms in total. The van der Waals surface area contributed by atoms with Crippen molar-refractivity contribution in [1.82, 2.24) is 15.5 Å². The highest BCUT2D eigenvalue weighted by Crippen LogP contribution is 2.27. The summed E-state index contributed by atoms with van der Waals surface area (Å²) in [5.41, 5.74) is 0. The number of hydrogen-bond acceptors (Lipinski definition) is 5. The first kappa shape index (κ1) is 15.5. The topological polar surface area (TPSA) is 51.0 Å². The van der Waals surface area contributed by atoms with Crippen molar-refractivity contribution in [2.45, 2.75) is 63.5 Å². The van der Waals surface area contributed by atoms with E-state index in [1.54, 1.807) is 0 Å². The fourth-order valence-electron chi connectivity index (χ4n) is 1.70. The summed E-state index contributed by atoms with van der Waals surface area (Å²) in [6, 6.07) is 0.346. The average molecular weight is 271 g/mol. The predicted molar refractivity (Wildman–Crippen MR) is 76.9 cm³/mol. The first-order valence-corrected chi connectivity index (χ1v) is 7.49. The second kappa shape index (κ2) is 6.57. The zero-order valence-corrected chi connectivity index (χ0v) is 13.1. The molecule has 0 saturated carbocycles. The van der Waals surface area contributed by atoms with Gasteiger partial charge in [0.1, 0.15) is 0 Å². The van der Waals surface area contributed by atoms with Crippen molar-refractivity contribution >= 4 is 11.8 Å². The minimum absolute atomic E-state index is 0.225. The largest absolute Gasteiger partial charge is 0.339 e. The van der Waals surface area contributed by atoms with Gasteiger partial charge in [-0.3, -0.25) is 0 Å². The Balaban J connectivity index is 2.67. The molecule has 1 heterocycles. The lowest BCUT2D eigenvalue weighted by atomic mass is 9.98. The van der Waals surface area contributed by atoms with Gasteiger partial charge in [-0.15, -0.1) is 11.8 Å². The Morgan fingerprint density at radius 3 is 2.56 bits per heavy atom. The van der Waals surface area contributed by atoms with Crippen LogP contribution in [-0.4, -0.2) is 28.0 Å². The number of rotatable bonds is 6. The van der Waals surface area contributed by atoms with Gasteiger partial charge in [0.25, 0.3) is 0 Å². The van der Waals surface area contributed by atoms with Gasteiger partial charge in [0, 0.05) is 10.8 Å². The van der Waals surface area contributed by atoms with Crippen molar-refractivity contribution in [3.8, 4) is 0 Å². The molecule has 1 aromatic rings. The first-order chi connectivity index (χ1) is 8.37. The Morgan fingerprint density at radius 2 is 2.06 bits per heavy atom. The van der Waals surface area contributed by atoms with Crippen LogP contribution >= 0.6 is 11.8 Å². The molecule has 0 aliphatic carbocycles. The molecule has 1 N–H and O–H groups in total. The second-order valence-electron chi connectivity index (χ2n) is 5.54. The van der Waals surface area contributed by atoms with E-state index in [9.17, 15) is 0 Å². The van der Waals surface area contributed by atoms with Gasteiger partial charge in [-0.25, -0.2) is 0 Å². The van der Waals surface area contributed by atoms with Crippen LogP contribution in [0.15, 0.2) is 4.52 Å². The fourth-order valence-corrected chi connectivity index (χ4v) is 2.38. The van der Waals surface area contributed by atoms with Gasteiger partial charge < -0.3 is 9.84 Å². The molecule has 0 aromatic carbocycles. The Morgan fingerprint density at radius 1 is 1.39 bits per heavy atom. The summed E-state index contributed by atoms with van der Waals surface area (Å²) < 4.78 is 5.62. The van der Waals surface area contributed by atoms with Crippen LogP contribution in [0.5, 0.6) is 0 Å². The summed E-state index contributed by atoms with van der Waals surface area (Å²) in [7, 11) is 1.96. The maximum absolute atomic E-state index is 5.39. The third-order valence-corrected chi connectivity index (χ3v) is 4.20. The van der Waals surface area contributed by atoms with Crippen molar-refractivity contribution in [3.63, 3.8) is 0 Å². The molecule has 1 rings (SSSR count). The molecule has 0 spiro atoms. The van der Waals surface area contributed by atoms with E-state index in [0.717, 1.165) is 23.9 Å². The highest BCUT2D eigenvalue weighted by Gasteiger charge is 2.23. The van der Waals surface area contributed by atoms with E-state index >= 15 is 0 Å². The summed E-state index contributed by atoms with van der Waals surface area (Å²) in [6.07, 6.45) is 0.996. The molecule has 0 amide bonds. The Hall–Kier alpha value is -0.550. The van der Waals surface area contributed by atoms with Gasteiger partial charge in [-0.2, -0.15) is 4.98 Å². The molecule has 0 aliphatic heterocycles. The Kier molecular flexibility index (Phi) is 5.66. The molecule has 18 heavy (non-hydrogen) atoms. The lowest BCUT2D eigenvalue weighted by Gasteiger charge is -2.18. The molecule has 0 radical (unpaired) electrons. The zero-order chi connectivity index (χ0) is 13.8. The van der Waals surface area contributed by atoms with Crippen LogP contribution < -0.4 is 5.32 Å². The molecule has 0 aliphatic rings. The van der Waals surface area contributed by atoms with Crippen LogP contribution in [0.4, 0.5) is 0 Å². The first-order valence-electron chi connectivity index (χ1n) is 6.51. The average Bonchev–Trinajstić information content (AvgIpc) is 2.75. The lowest BCUT2D eigenvalue weighted by molar-refractivity contribution is 0.320. The van der Waals surface area contributed by atoms with Crippen molar-refractivity contribution < 1.29 is 4.52 Å². The van der Waals surface area contributed by atoms with E-state index in [0.29, 0.717) is 6.04 Å². The van der Waals surface area contributed by atoms with E-state index in [1.165, 1.54) is 0 Å². The smallest absolute Gasteiger partial charge is 0.231 e. The van der Waals surface area contributed by atoms with Crippen LogP contribution in [-0.2, 0) is 5.75 Å². The molecule has 2 unspecified atom stereocenters. The van der Waals surface area contributed by atoms with Gasteiger partial charge >= 0.3 is 0 Å². The molecule has 2 atom stereocenters. The number of likely N-dealkylation sites (N-methyl/N-ethyl adjacent to an activating group) is 1. The highest BCUT2D eigenvalue weighted by atomic mass is 32.2. The summed E-state index contributed by atoms with van der Waals surface area (Å²) in [6.45, 7) is 10.9. The molecular weight excluding hydrogens is 246 g/mol. The maximum Gasteiger partial charge on any atom is 0.231 e. The number of aromatic nitrogens is 2. The van der Waals surface area contributed by atoms with Gasteiger partial charge in [0.2, 0.25) is 5.89 Å². The molecule has 0 saturated heterocycles. The standard InChI is InChI=1S/C13H25N3OS/c1-7-10(9(2)14-6)12-15-11(16-17-12)8-18-13(3,4)5/h9-10,14H,7-8H2,1-6H3. The van der Waals surface area contributed by atoms with E-state index in [4.69, 9.17) is 4.52 Å². The molecule has 5 heteroatoms. The van der Waals surface area contributed by atoms with Crippen molar-refractivity contribution in [1.29, 1.82) is 0 Å². The summed E-state index contributed by atoms with van der Waals surface area (Å²) in [5, 5.41) is 7.32. The van der Waals surface area contributed by atoms with E-state index < -0.39 is 0 Å². The number of thioether (sulfide) groups is 1. The molecule has 1 aromatic heterocycles. The van der Waals surface area contributed by atoms with E-state index in [2.05, 4.69) is 50.1 Å². The lowest BCUT2D eigenvalue weighted by Crippen LogP contribution is -2.28. The number of nitrogens with zero attached hydrogens (tertiary/aromatic N) is 2. The van der Waals surface area contributed by atoms with Crippen LogP contribution in [0.1, 0.15) is 58.7 Å². The third kappa shape index (κ3) is 4.61. The van der Waals surface area contributed by atoms with Crippen molar-refractivity contribution in [3.05, 3.63) is 11.7 Å². The summed E-state index contributed by atoms with van der Waals surface area (Å²) >= 11 is 1.83. The van der Waals surface area contributed by atoms with E-state index in [1.807, 2.05) is 18.8 Å². The quantitative estimate of drug-likeness (QED) is 0.861. The fraction of sp³-hybridized carbons (Fsp3) is 0.846. The molecular formula is C13H25N3OS. The summed E-state index contributed by atoms with van der Waals surface area (Å²) in [4.78, 5) is 4.51. The molecule has 104 valence electrons. The van der Waals surface area contributed by atoms with Crippen LogP contribution in [0.2, 0.25) is 0 Å². The van der Waals surface area contributed by atoms with Crippen LogP contribution in [0.25, 0.3) is 0 Å². The minimum Gasteiger partial charge on any atom is -0.339 e. The normalized spacial score (nSPS) is 15.7. The van der Waals surface area contributed by atoms with Crippen molar-refractivity contribution in [2.75, 3.05) is 7.05 Å². The van der Waals surface area contributed by atoms with E-state index in [-0.39, 0.29) is 10.7 Å². The molecule has 0 bridgehead atoms. The predicted octanol–water partition coefficient (Wildman–Crippen LogP) is 3.20. The molecule has 0 fully saturated rings. The summed E-state index contributed by atoms with van der Waals surface area (Å²) in [5.74, 6) is 2.64. The van der Waals surface area contributed by atoms with Gasteiger partial charge in [0.05, 0.1) is 11.7 Å².